The first-order valence-corrected chi connectivity index (χ1v) is 4.06. The fourth-order valence-corrected chi connectivity index (χ4v) is 1.05. The second kappa shape index (κ2) is 5.49. The van der Waals surface area contributed by atoms with Crippen molar-refractivity contribution in [2.24, 2.45) is 17.2 Å². The second-order valence-electron chi connectivity index (χ2n) is 2.86. The van der Waals surface area contributed by atoms with E-state index in [2.05, 4.69) is 0 Å². The van der Waals surface area contributed by atoms with Crippen LogP contribution in [0.5, 0.6) is 0 Å². The zero-order chi connectivity index (χ0) is 8.85. The third-order valence-corrected chi connectivity index (χ3v) is 1.67. The van der Waals surface area contributed by atoms with E-state index in [0.29, 0.717) is 6.54 Å². The first-order valence-electron chi connectivity index (χ1n) is 4.06. The molecule has 0 saturated carbocycles. The number of rotatable bonds is 5. The first-order chi connectivity index (χ1) is 5.09. The van der Waals surface area contributed by atoms with Crippen LogP contribution in [0.2, 0.25) is 0 Å². The number of nitrogens with zero attached hydrogens (tertiary/aromatic N) is 1. The van der Waals surface area contributed by atoms with E-state index in [1.165, 1.54) is 0 Å². The quantitative estimate of drug-likeness (QED) is 0.462. The van der Waals surface area contributed by atoms with Gasteiger partial charge in [-0.3, -0.25) is 4.90 Å². The minimum absolute atomic E-state index is 0.0153. The Morgan fingerprint density at radius 2 is 1.64 bits per heavy atom. The van der Waals surface area contributed by atoms with E-state index in [9.17, 15) is 0 Å². The topological polar surface area (TPSA) is 81.3 Å². The third kappa shape index (κ3) is 4.31. The van der Waals surface area contributed by atoms with Crippen LogP contribution >= 0.6 is 0 Å². The van der Waals surface area contributed by atoms with E-state index >= 15 is 0 Å². The van der Waals surface area contributed by atoms with Gasteiger partial charge in [-0.1, -0.05) is 0 Å². The average Bonchev–Trinajstić information content (AvgIpc) is 1.87. The molecule has 0 aliphatic rings. The summed E-state index contributed by atoms with van der Waals surface area (Å²) in [6, 6.07) is 0. The number of hydrogen-bond donors (Lipinski definition) is 3. The van der Waals surface area contributed by atoms with Crippen LogP contribution < -0.4 is 17.2 Å². The Bertz CT molecular complexity index is 84.4. The maximum Gasteiger partial charge on any atom is 0.0556 e. The van der Waals surface area contributed by atoms with Gasteiger partial charge in [0.15, 0.2) is 0 Å². The lowest BCUT2D eigenvalue weighted by Crippen LogP contribution is -2.49. The van der Waals surface area contributed by atoms with E-state index in [1.54, 1.807) is 0 Å². The molecule has 68 valence electrons. The highest BCUT2D eigenvalue weighted by Crippen LogP contribution is 1.97. The van der Waals surface area contributed by atoms with E-state index in [0.717, 1.165) is 13.0 Å². The molecule has 0 bridgehead atoms. The normalized spacial score (nSPS) is 16.9. The van der Waals surface area contributed by atoms with Gasteiger partial charge in [-0.15, -0.1) is 0 Å². The molecule has 0 aromatic heterocycles. The summed E-state index contributed by atoms with van der Waals surface area (Å²) in [5.74, 6) is 0. The van der Waals surface area contributed by atoms with E-state index in [-0.39, 0.29) is 12.3 Å². The van der Waals surface area contributed by atoms with Crippen molar-refractivity contribution >= 4 is 0 Å². The molecule has 0 amide bonds. The van der Waals surface area contributed by atoms with Crippen LogP contribution in [-0.4, -0.2) is 30.3 Å². The molecule has 0 saturated heterocycles. The molecule has 0 rings (SSSR count). The first kappa shape index (κ1) is 10.8. The maximum atomic E-state index is 5.68. The molecule has 0 aromatic rings. The van der Waals surface area contributed by atoms with Crippen LogP contribution in [0.25, 0.3) is 0 Å². The van der Waals surface area contributed by atoms with Crippen LogP contribution in [-0.2, 0) is 0 Å². The Morgan fingerprint density at radius 3 is 1.91 bits per heavy atom. The largest absolute Gasteiger partial charge is 0.330 e. The Kier molecular flexibility index (Phi) is 5.41. The zero-order valence-corrected chi connectivity index (χ0v) is 7.46. The molecule has 11 heavy (non-hydrogen) atoms. The summed E-state index contributed by atoms with van der Waals surface area (Å²) in [6.45, 7) is 5.43. The molecule has 0 aliphatic carbocycles. The fraction of sp³-hybridized carbons (Fsp3) is 1.00. The lowest BCUT2D eigenvalue weighted by Gasteiger charge is -2.29. The maximum absolute atomic E-state index is 5.68. The van der Waals surface area contributed by atoms with Crippen molar-refractivity contribution in [3.63, 3.8) is 0 Å². The lowest BCUT2D eigenvalue weighted by molar-refractivity contribution is 0.159. The van der Waals surface area contributed by atoms with Gasteiger partial charge in [0, 0.05) is 6.54 Å². The lowest BCUT2D eigenvalue weighted by atomic mass is 10.3. The molecule has 2 atom stereocenters. The van der Waals surface area contributed by atoms with Gasteiger partial charge in [-0.25, -0.2) is 0 Å². The summed E-state index contributed by atoms with van der Waals surface area (Å²) < 4.78 is 0. The monoisotopic (exact) mass is 160 g/mol. The van der Waals surface area contributed by atoms with Crippen molar-refractivity contribution in [3.05, 3.63) is 0 Å². The smallest absolute Gasteiger partial charge is 0.0556 e. The third-order valence-electron chi connectivity index (χ3n) is 1.67. The van der Waals surface area contributed by atoms with Crippen molar-refractivity contribution in [2.75, 3.05) is 13.1 Å². The van der Waals surface area contributed by atoms with Gasteiger partial charge < -0.3 is 17.2 Å². The van der Waals surface area contributed by atoms with Crippen molar-refractivity contribution in [1.82, 2.24) is 4.90 Å². The van der Waals surface area contributed by atoms with Crippen LogP contribution in [0.4, 0.5) is 0 Å². The van der Waals surface area contributed by atoms with Gasteiger partial charge >= 0.3 is 0 Å². The van der Waals surface area contributed by atoms with Gasteiger partial charge in [0.25, 0.3) is 0 Å². The van der Waals surface area contributed by atoms with Crippen molar-refractivity contribution in [2.45, 2.75) is 32.6 Å². The molecule has 6 N–H and O–H groups in total. The van der Waals surface area contributed by atoms with Crippen LogP contribution in [0.15, 0.2) is 0 Å². The van der Waals surface area contributed by atoms with Crippen molar-refractivity contribution < 1.29 is 0 Å². The summed E-state index contributed by atoms with van der Waals surface area (Å²) in [5, 5.41) is 0. The number of hydrogen-bond acceptors (Lipinski definition) is 4. The Labute approximate surface area is 68.7 Å². The zero-order valence-electron chi connectivity index (χ0n) is 7.46. The molecule has 0 radical (unpaired) electrons. The summed E-state index contributed by atoms with van der Waals surface area (Å²) in [4.78, 5) is 2.02. The fourth-order valence-electron chi connectivity index (χ4n) is 1.05. The Balaban J connectivity index is 3.70. The average molecular weight is 160 g/mol. The predicted octanol–water partition coefficient (Wildman–Crippen LogP) is -0.753. The van der Waals surface area contributed by atoms with Crippen LogP contribution in [0, 0.1) is 0 Å². The molecular formula is C7H20N4. The molecule has 0 spiro atoms. The molecule has 2 unspecified atom stereocenters. The van der Waals surface area contributed by atoms with Gasteiger partial charge in [0.05, 0.1) is 12.3 Å². The molecule has 4 heteroatoms. The standard InChI is InChI=1S/C7H20N4/c1-6(9)11(7(2)10)5-3-4-8/h6-7H,3-5,8-10H2,1-2H3. The van der Waals surface area contributed by atoms with Crippen molar-refractivity contribution in [1.29, 1.82) is 0 Å². The van der Waals surface area contributed by atoms with Crippen LogP contribution in [0.3, 0.4) is 0 Å². The highest BCUT2D eigenvalue weighted by Gasteiger charge is 2.12. The SMILES string of the molecule is CC(N)N(CCCN)C(C)N. The van der Waals surface area contributed by atoms with E-state index < -0.39 is 0 Å². The minimum Gasteiger partial charge on any atom is -0.330 e. The molecule has 0 aliphatic heterocycles. The Hall–Kier alpha value is -0.160. The predicted molar refractivity (Wildman–Crippen MR) is 47.7 cm³/mol. The van der Waals surface area contributed by atoms with Crippen molar-refractivity contribution in [3.8, 4) is 0 Å². The molecule has 0 heterocycles. The molecule has 4 nitrogen and oxygen atoms in total. The summed E-state index contributed by atoms with van der Waals surface area (Å²) >= 11 is 0. The molecular weight excluding hydrogens is 140 g/mol. The van der Waals surface area contributed by atoms with E-state index in [1.807, 2.05) is 18.7 Å². The minimum atomic E-state index is 0.0153. The summed E-state index contributed by atoms with van der Waals surface area (Å²) in [6.07, 6.45) is 0.978. The van der Waals surface area contributed by atoms with Crippen LogP contribution in [0.1, 0.15) is 20.3 Å². The van der Waals surface area contributed by atoms with Gasteiger partial charge in [0.2, 0.25) is 0 Å². The van der Waals surface area contributed by atoms with E-state index in [4.69, 9.17) is 17.2 Å². The summed E-state index contributed by atoms with van der Waals surface area (Å²) in [5.41, 5.74) is 16.7. The highest BCUT2D eigenvalue weighted by atomic mass is 15.3. The van der Waals surface area contributed by atoms with Gasteiger partial charge in [-0.05, 0) is 26.8 Å². The molecule has 0 fully saturated rings. The van der Waals surface area contributed by atoms with Gasteiger partial charge in [-0.2, -0.15) is 0 Å². The second-order valence-corrected chi connectivity index (χ2v) is 2.86. The Morgan fingerprint density at radius 1 is 1.18 bits per heavy atom. The molecule has 0 aromatic carbocycles. The summed E-state index contributed by atoms with van der Waals surface area (Å²) in [7, 11) is 0. The van der Waals surface area contributed by atoms with Gasteiger partial charge in [0.1, 0.15) is 0 Å². The highest BCUT2D eigenvalue weighted by molar-refractivity contribution is 4.64. The number of nitrogens with two attached hydrogens (primary N) is 3.